The number of carbonyl (C=O) groups is 1. The highest BCUT2D eigenvalue weighted by Crippen LogP contribution is 2.30. The van der Waals surface area contributed by atoms with Crippen molar-refractivity contribution in [3.05, 3.63) is 60.7 Å². The van der Waals surface area contributed by atoms with E-state index in [-0.39, 0.29) is 6.61 Å². The molecule has 0 bridgehead atoms. The lowest BCUT2D eigenvalue weighted by Gasteiger charge is -2.17. The van der Waals surface area contributed by atoms with Gasteiger partial charge in [-0.15, -0.1) is 0 Å². The number of nitrogens with zero attached hydrogens (tertiary/aromatic N) is 2. The highest BCUT2D eigenvalue weighted by Gasteiger charge is 2.25. The lowest BCUT2D eigenvalue weighted by Crippen LogP contribution is -2.19. The number of hydrogen-bond acceptors (Lipinski definition) is 4. The first-order chi connectivity index (χ1) is 10.7. The van der Waals surface area contributed by atoms with E-state index in [0.29, 0.717) is 5.69 Å². The average Bonchev–Trinajstić information content (AvgIpc) is 3.03. The van der Waals surface area contributed by atoms with Crippen molar-refractivity contribution in [3.63, 3.8) is 0 Å². The van der Waals surface area contributed by atoms with Crippen molar-refractivity contribution in [2.45, 2.75) is 13.0 Å². The molecule has 0 spiro atoms. The average molecular weight is 296 g/mol. The molecule has 22 heavy (non-hydrogen) atoms. The van der Waals surface area contributed by atoms with Gasteiger partial charge in [-0.3, -0.25) is 4.40 Å². The number of hydrogen-bond donors (Lipinski definition) is 1. The molecule has 3 rings (SSSR count). The molecule has 0 radical (unpaired) electrons. The third-order valence-electron chi connectivity index (χ3n) is 3.48. The van der Waals surface area contributed by atoms with E-state index in [0.717, 1.165) is 16.6 Å². The van der Waals surface area contributed by atoms with Crippen LogP contribution in [0.2, 0.25) is 0 Å². The third-order valence-corrected chi connectivity index (χ3v) is 3.48. The quantitative estimate of drug-likeness (QED) is 0.752. The fourth-order valence-corrected chi connectivity index (χ4v) is 2.49. The molecule has 3 aromatic rings. The second-order valence-corrected chi connectivity index (χ2v) is 4.84. The van der Waals surface area contributed by atoms with Crippen LogP contribution in [0.5, 0.6) is 0 Å². The highest BCUT2D eigenvalue weighted by atomic mass is 16.5. The van der Waals surface area contributed by atoms with Gasteiger partial charge >= 0.3 is 5.97 Å². The first kappa shape index (κ1) is 14.3. The molecule has 0 aliphatic carbocycles. The van der Waals surface area contributed by atoms with Crippen molar-refractivity contribution in [2.75, 3.05) is 6.61 Å². The molecule has 1 atom stereocenters. The predicted octanol–water partition coefficient (Wildman–Crippen LogP) is 2.60. The van der Waals surface area contributed by atoms with Crippen LogP contribution in [0.1, 0.15) is 18.7 Å². The number of esters is 1. The Labute approximate surface area is 127 Å². The first-order valence-corrected chi connectivity index (χ1v) is 7.07. The van der Waals surface area contributed by atoms with E-state index in [1.807, 2.05) is 42.5 Å². The highest BCUT2D eigenvalue weighted by molar-refractivity contribution is 5.81. The van der Waals surface area contributed by atoms with E-state index in [9.17, 15) is 9.90 Å². The summed E-state index contributed by atoms with van der Waals surface area (Å²) in [5.41, 5.74) is 2.95. The van der Waals surface area contributed by atoms with Crippen LogP contribution >= 0.6 is 0 Å². The van der Waals surface area contributed by atoms with E-state index in [1.165, 1.54) is 0 Å². The van der Waals surface area contributed by atoms with Crippen molar-refractivity contribution in [3.8, 4) is 11.1 Å². The Morgan fingerprint density at radius 3 is 2.77 bits per heavy atom. The molecule has 0 aliphatic rings. The number of benzene rings is 1. The number of pyridine rings is 1. The first-order valence-electron chi connectivity index (χ1n) is 7.07. The smallest absolute Gasteiger partial charge is 0.341 e. The monoisotopic (exact) mass is 296 g/mol. The topological polar surface area (TPSA) is 63.8 Å². The summed E-state index contributed by atoms with van der Waals surface area (Å²) in [5, 5.41) is 10.5. The van der Waals surface area contributed by atoms with Crippen molar-refractivity contribution in [2.24, 2.45) is 0 Å². The summed E-state index contributed by atoms with van der Waals surface area (Å²) in [7, 11) is 0. The Morgan fingerprint density at radius 2 is 2.05 bits per heavy atom. The van der Waals surface area contributed by atoms with Gasteiger partial charge < -0.3 is 9.84 Å². The molecule has 0 amide bonds. The lowest BCUT2D eigenvalue weighted by molar-refractivity contribution is -0.153. The van der Waals surface area contributed by atoms with Gasteiger partial charge in [-0.1, -0.05) is 36.4 Å². The summed E-state index contributed by atoms with van der Waals surface area (Å²) in [6, 6.07) is 13.4. The fraction of sp³-hybridized carbons (Fsp3) is 0.176. The van der Waals surface area contributed by atoms with Gasteiger partial charge in [0.05, 0.1) is 30.3 Å². The molecule has 2 heterocycles. The number of carbonyl (C=O) groups excluding carboxylic acids is 1. The van der Waals surface area contributed by atoms with Crippen LogP contribution in [-0.4, -0.2) is 27.1 Å². The van der Waals surface area contributed by atoms with Crippen LogP contribution in [0.15, 0.2) is 55.0 Å². The Morgan fingerprint density at radius 1 is 1.27 bits per heavy atom. The molecular formula is C17H16N2O3. The minimum atomic E-state index is -1.37. The van der Waals surface area contributed by atoms with Crippen LogP contribution in [0, 0.1) is 0 Å². The maximum atomic E-state index is 12.0. The maximum Gasteiger partial charge on any atom is 0.341 e. The van der Waals surface area contributed by atoms with E-state index in [4.69, 9.17) is 4.74 Å². The van der Waals surface area contributed by atoms with Gasteiger partial charge in [-0.2, -0.15) is 0 Å². The Bertz CT molecular complexity index is 796. The van der Waals surface area contributed by atoms with E-state index >= 15 is 0 Å². The maximum absolute atomic E-state index is 12.0. The summed E-state index contributed by atoms with van der Waals surface area (Å²) in [5.74, 6) is -0.666. The number of aliphatic hydroxyl groups is 1. The minimum absolute atomic E-state index is 0.219. The van der Waals surface area contributed by atoms with Crippen LogP contribution in [0.3, 0.4) is 0 Å². The Hall–Kier alpha value is -2.66. The zero-order valence-electron chi connectivity index (χ0n) is 12.1. The zero-order valence-corrected chi connectivity index (χ0v) is 12.1. The normalized spacial score (nSPS) is 12.3. The van der Waals surface area contributed by atoms with Gasteiger partial charge in [-0.05, 0) is 18.6 Å². The van der Waals surface area contributed by atoms with Crippen molar-refractivity contribution in [1.82, 2.24) is 9.38 Å². The molecule has 2 aromatic heterocycles. The molecule has 0 aliphatic heterocycles. The van der Waals surface area contributed by atoms with Gasteiger partial charge in [0, 0.05) is 5.56 Å². The van der Waals surface area contributed by atoms with Crippen molar-refractivity contribution in [1.29, 1.82) is 0 Å². The van der Waals surface area contributed by atoms with E-state index in [2.05, 4.69) is 4.98 Å². The number of imidazole rings is 1. The second kappa shape index (κ2) is 5.99. The van der Waals surface area contributed by atoms with Crippen molar-refractivity contribution >= 4 is 11.5 Å². The molecule has 1 N–H and O–H groups in total. The van der Waals surface area contributed by atoms with Crippen LogP contribution in [0.4, 0.5) is 0 Å². The molecule has 0 saturated carbocycles. The standard InChI is InChI=1S/C17H16N2O3/c1-2-22-17(21)16(20)15-14(12-6-4-3-5-7-12)9-8-13-10-18-11-19(13)15/h3-11,16,20H,2H2,1H3. The molecule has 1 aromatic carbocycles. The molecular weight excluding hydrogens is 280 g/mol. The summed E-state index contributed by atoms with van der Waals surface area (Å²) in [4.78, 5) is 16.1. The summed E-state index contributed by atoms with van der Waals surface area (Å²) >= 11 is 0. The van der Waals surface area contributed by atoms with Gasteiger partial charge in [-0.25, -0.2) is 9.78 Å². The van der Waals surface area contributed by atoms with Gasteiger partial charge in [0.25, 0.3) is 0 Å². The second-order valence-electron chi connectivity index (χ2n) is 4.84. The van der Waals surface area contributed by atoms with E-state index in [1.54, 1.807) is 23.8 Å². The Balaban J connectivity index is 2.20. The van der Waals surface area contributed by atoms with Crippen LogP contribution < -0.4 is 0 Å². The lowest BCUT2D eigenvalue weighted by atomic mass is 10.0. The SMILES string of the molecule is CCOC(=O)C(O)c1c(-c2ccccc2)ccc2cncn12. The number of aromatic nitrogens is 2. The molecule has 0 fully saturated rings. The number of fused-ring (bicyclic) bond motifs is 1. The summed E-state index contributed by atoms with van der Waals surface area (Å²) < 4.78 is 6.66. The molecule has 1 unspecified atom stereocenters. The largest absolute Gasteiger partial charge is 0.464 e. The van der Waals surface area contributed by atoms with Gasteiger partial charge in [0.15, 0.2) is 6.10 Å². The molecule has 0 saturated heterocycles. The van der Waals surface area contributed by atoms with Crippen LogP contribution in [-0.2, 0) is 9.53 Å². The van der Waals surface area contributed by atoms with Crippen LogP contribution in [0.25, 0.3) is 16.6 Å². The van der Waals surface area contributed by atoms with Gasteiger partial charge in [0.2, 0.25) is 0 Å². The van der Waals surface area contributed by atoms with Gasteiger partial charge in [0.1, 0.15) is 0 Å². The molecule has 112 valence electrons. The molecule has 5 heteroatoms. The minimum Gasteiger partial charge on any atom is -0.464 e. The Kier molecular flexibility index (Phi) is 3.89. The number of ether oxygens (including phenoxy) is 1. The number of rotatable bonds is 4. The van der Waals surface area contributed by atoms with Crippen molar-refractivity contribution < 1.29 is 14.6 Å². The molecule has 5 nitrogen and oxygen atoms in total. The predicted molar refractivity (Wildman–Crippen MR) is 82.2 cm³/mol. The zero-order chi connectivity index (χ0) is 15.5. The fourth-order valence-electron chi connectivity index (χ4n) is 2.49. The summed E-state index contributed by atoms with van der Waals surface area (Å²) in [6.07, 6.45) is 1.89. The summed E-state index contributed by atoms with van der Waals surface area (Å²) in [6.45, 7) is 1.93. The van der Waals surface area contributed by atoms with E-state index < -0.39 is 12.1 Å². The third kappa shape index (κ3) is 2.46. The number of aliphatic hydroxyl groups excluding tert-OH is 1.